The van der Waals surface area contributed by atoms with Crippen molar-refractivity contribution in [2.45, 2.75) is 42.7 Å². The molecule has 0 spiro atoms. The zero-order valence-electron chi connectivity index (χ0n) is 12.1. The molecule has 1 amide bonds. The minimum absolute atomic E-state index is 0.118. The van der Waals surface area contributed by atoms with Gasteiger partial charge in [0, 0.05) is 6.54 Å². The molecule has 2 saturated heterocycles. The number of esters is 1. The summed E-state index contributed by atoms with van der Waals surface area (Å²) < 4.78 is 4.87. The number of rotatable bonds is 2. The van der Waals surface area contributed by atoms with Crippen molar-refractivity contribution in [1.82, 2.24) is 4.90 Å². The fraction of sp³-hybridized carbons (Fsp3) is 0.500. The predicted molar refractivity (Wildman–Crippen MR) is 82.0 cm³/mol. The van der Waals surface area contributed by atoms with Crippen LogP contribution in [0.3, 0.4) is 0 Å². The van der Waals surface area contributed by atoms with Gasteiger partial charge < -0.3 is 9.64 Å². The standard InChI is InChI=1S/C16H18BrNO3/c1-15(17,11-7-4-3-5-8-11)16(2)14(20)18-10-6-9-12(18)13(19)21-16/h3-5,7-8,12H,6,9-10H2,1-2H3/t12-,15-,16+/m0/s1. The van der Waals surface area contributed by atoms with Crippen molar-refractivity contribution in [2.75, 3.05) is 6.54 Å². The van der Waals surface area contributed by atoms with Crippen LogP contribution in [0.1, 0.15) is 32.3 Å². The Morgan fingerprint density at radius 3 is 2.67 bits per heavy atom. The highest BCUT2D eigenvalue weighted by atomic mass is 79.9. The molecule has 2 aliphatic rings. The number of benzene rings is 1. The number of nitrogens with zero attached hydrogens (tertiary/aromatic N) is 1. The zero-order chi connectivity index (χ0) is 15.3. The number of alkyl halides is 1. The molecule has 1 aromatic rings. The zero-order valence-corrected chi connectivity index (χ0v) is 13.7. The first-order valence-electron chi connectivity index (χ1n) is 7.16. The van der Waals surface area contributed by atoms with Crippen LogP contribution in [0.15, 0.2) is 30.3 Å². The lowest BCUT2D eigenvalue weighted by molar-refractivity contribution is -0.192. The molecule has 2 aliphatic heterocycles. The Morgan fingerprint density at radius 1 is 1.33 bits per heavy atom. The molecule has 0 N–H and O–H groups in total. The number of hydrogen-bond donors (Lipinski definition) is 0. The summed E-state index contributed by atoms with van der Waals surface area (Å²) in [7, 11) is 0. The maximum Gasteiger partial charge on any atom is 0.329 e. The van der Waals surface area contributed by atoms with Gasteiger partial charge >= 0.3 is 5.97 Å². The van der Waals surface area contributed by atoms with E-state index in [1.165, 1.54) is 0 Å². The third-order valence-electron chi connectivity index (χ3n) is 4.71. The third-order valence-corrected chi connectivity index (χ3v) is 5.92. The summed E-state index contributed by atoms with van der Waals surface area (Å²) >= 11 is 3.65. The lowest BCUT2D eigenvalue weighted by Crippen LogP contribution is -2.65. The smallest absolute Gasteiger partial charge is 0.329 e. The van der Waals surface area contributed by atoms with Gasteiger partial charge in [-0.15, -0.1) is 0 Å². The first kappa shape index (κ1) is 14.6. The molecule has 21 heavy (non-hydrogen) atoms. The number of hydrogen-bond acceptors (Lipinski definition) is 3. The van der Waals surface area contributed by atoms with Crippen LogP contribution >= 0.6 is 15.9 Å². The second kappa shape index (κ2) is 4.83. The first-order valence-corrected chi connectivity index (χ1v) is 7.95. The number of ether oxygens (including phenoxy) is 1. The van der Waals surface area contributed by atoms with Gasteiger partial charge in [-0.25, -0.2) is 4.79 Å². The predicted octanol–water partition coefficient (Wildman–Crippen LogP) is 2.60. The second-order valence-corrected chi connectivity index (χ2v) is 7.57. The van der Waals surface area contributed by atoms with Crippen LogP contribution in [-0.2, 0) is 18.7 Å². The van der Waals surface area contributed by atoms with E-state index in [2.05, 4.69) is 15.9 Å². The Morgan fingerprint density at radius 2 is 2.00 bits per heavy atom. The molecule has 0 radical (unpaired) electrons. The van der Waals surface area contributed by atoms with Gasteiger partial charge in [0.1, 0.15) is 6.04 Å². The highest BCUT2D eigenvalue weighted by Crippen LogP contribution is 2.47. The van der Waals surface area contributed by atoms with Crippen molar-refractivity contribution >= 4 is 27.8 Å². The number of carbonyl (C=O) groups is 2. The van der Waals surface area contributed by atoms with Crippen LogP contribution in [0.4, 0.5) is 0 Å². The number of carbonyl (C=O) groups excluding carboxylic acids is 2. The van der Waals surface area contributed by atoms with Gasteiger partial charge in [0.15, 0.2) is 0 Å². The third kappa shape index (κ3) is 2.01. The number of morpholine rings is 1. The molecule has 1 aromatic carbocycles. The molecule has 5 heteroatoms. The van der Waals surface area contributed by atoms with Gasteiger partial charge in [0.2, 0.25) is 5.60 Å². The molecule has 0 aliphatic carbocycles. The van der Waals surface area contributed by atoms with E-state index in [9.17, 15) is 9.59 Å². The molecule has 0 aromatic heterocycles. The van der Waals surface area contributed by atoms with Gasteiger partial charge in [0.05, 0.1) is 4.32 Å². The van der Waals surface area contributed by atoms with Crippen molar-refractivity contribution in [3.63, 3.8) is 0 Å². The number of fused-ring (bicyclic) bond motifs is 1. The van der Waals surface area contributed by atoms with E-state index in [0.29, 0.717) is 13.0 Å². The van der Waals surface area contributed by atoms with Gasteiger partial charge in [0.25, 0.3) is 5.91 Å². The van der Waals surface area contributed by atoms with E-state index >= 15 is 0 Å². The van der Waals surface area contributed by atoms with Gasteiger partial charge in [-0.3, -0.25) is 4.79 Å². The summed E-state index contributed by atoms with van der Waals surface area (Å²) in [5, 5.41) is 0. The number of halogens is 1. The monoisotopic (exact) mass is 351 g/mol. The molecule has 0 saturated carbocycles. The Bertz CT molecular complexity index is 586. The van der Waals surface area contributed by atoms with E-state index < -0.39 is 16.0 Å². The van der Waals surface area contributed by atoms with Crippen LogP contribution in [0.25, 0.3) is 0 Å². The lowest BCUT2D eigenvalue weighted by Gasteiger charge is -2.47. The number of cyclic esters (lactones) is 1. The maximum atomic E-state index is 12.9. The van der Waals surface area contributed by atoms with Gasteiger partial charge in [-0.05, 0) is 32.3 Å². The Labute approximate surface area is 132 Å². The highest BCUT2D eigenvalue weighted by Gasteiger charge is 2.60. The maximum absolute atomic E-state index is 12.9. The average Bonchev–Trinajstić information content (AvgIpc) is 2.96. The molecule has 0 unspecified atom stereocenters. The summed E-state index contributed by atoms with van der Waals surface area (Å²) in [4.78, 5) is 26.9. The quantitative estimate of drug-likeness (QED) is 0.607. The SMILES string of the molecule is C[C@](Br)(c1ccccc1)[C@]1(C)OC(=O)[C@@H]2CCCN2C1=O. The largest absolute Gasteiger partial charge is 0.446 e. The molecule has 3 atom stereocenters. The minimum atomic E-state index is -1.24. The van der Waals surface area contributed by atoms with Crippen LogP contribution < -0.4 is 0 Å². The van der Waals surface area contributed by atoms with Crippen molar-refractivity contribution in [2.24, 2.45) is 0 Å². The second-order valence-electron chi connectivity index (χ2n) is 5.98. The summed E-state index contributed by atoms with van der Waals surface area (Å²) in [5.74, 6) is -0.413. The normalized spacial score (nSPS) is 31.6. The summed E-state index contributed by atoms with van der Waals surface area (Å²) in [6, 6.07) is 9.19. The van der Waals surface area contributed by atoms with E-state index in [1.54, 1.807) is 11.8 Å². The molecule has 2 heterocycles. The number of amides is 1. The highest BCUT2D eigenvalue weighted by molar-refractivity contribution is 9.09. The average molecular weight is 352 g/mol. The van der Waals surface area contributed by atoms with Gasteiger partial charge in [-0.1, -0.05) is 46.3 Å². The van der Waals surface area contributed by atoms with Crippen LogP contribution in [-0.4, -0.2) is 35.0 Å². The van der Waals surface area contributed by atoms with Crippen molar-refractivity contribution < 1.29 is 14.3 Å². The van der Waals surface area contributed by atoms with E-state index in [4.69, 9.17) is 4.74 Å². The molecule has 2 fully saturated rings. The molecule has 112 valence electrons. The Balaban J connectivity index is 2.03. The van der Waals surface area contributed by atoms with Crippen LogP contribution in [0.2, 0.25) is 0 Å². The van der Waals surface area contributed by atoms with Crippen LogP contribution in [0.5, 0.6) is 0 Å². The van der Waals surface area contributed by atoms with E-state index in [-0.39, 0.29) is 11.9 Å². The molecular formula is C16H18BrNO3. The van der Waals surface area contributed by atoms with Crippen molar-refractivity contribution in [3.05, 3.63) is 35.9 Å². The molecule has 3 rings (SSSR count). The van der Waals surface area contributed by atoms with Crippen molar-refractivity contribution in [3.8, 4) is 0 Å². The van der Waals surface area contributed by atoms with Gasteiger partial charge in [-0.2, -0.15) is 0 Å². The molecule has 4 nitrogen and oxygen atoms in total. The first-order chi connectivity index (χ1) is 9.88. The van der Waals surface area contributed by atoms with Crippen LogP contribution in [0, 0.1) is 0 Å². The molecule has 0 bridgehead atoms. The summed E-state index contributed by atoms with van der Waals surface area (Å²) in [5.41, 5.74) is -0.335. The Kier molecular flexibility index (Phi) is 3.35. The fourth-order valence-corrected chi connectivity index (χ4v) is 3.68. The van der Waals surface area contributed by atoms with E-state index in [1.807, 2.05) is 37.3 Å². The van der Waals surface area contributed by atoms with Crippen molar-refractivity contribution in [1.29, 1.82) is 0 Å². The summed E-state index contributed by atoms with van der Waals surface area (Å²) in [6.45, 7) is 4.21. The lowest BCUT2D eigenvalue weighted by atomic mass is 9.82. The Hall–Kier alpha value is -1.36. The topological polar surface area (TPSA) is 46.6 Å². The molecular weight excluding hydrogens is 334 g/mol. The van der Waals surface area contributed by atoms with E-state index in [0.717, 1.165) is 12.0 Å². The summed E-state index contributed by atoms with van der Waals surface area (Å²) in [6.07, 6.45) is 1.55. The minimum Gasteiger partial charge on any atom is -0.446 e. The fourth-order valence-electron chi connectivity index (χ4n) is 3.16.